The van der Waals surface area contributed by atoms with Gasteiger partial charge in [-0.3, -0.25) is 4.79 Å². The predicted molar refractivity (Wildman–Crippen MR) is 83.1 cm³/mol. The second kappa shape index (κ2) is 7.31. The van der Waals surface area contributed by atoms with Crippen LogP contribution in [0.5, 0.6) is 0 Å². The van der Waals surface area contributed by atoms with Gasteiger partial charge < -0.3 is 5.32 Å². The highest BCUT2D eigenvalue weighted by Gasteiger charge is 2.30. The van der Waals surface area contributed by atoms with Gasteiger partial charge in [0.15, 0.2) is 0 Å². The Morgan fingerprint density at radius 1 is 1.09 bits per heavy atom. The Hall–Kier alpha value is -2.30. The first-order chi connectivity index (χ1) is 10.9. The molecule has 0 spiro atoms. The summed E-state index contributed by atoms with van der Waals surface area (Å²) >= 11 is 0. The molecule has 0 bridgehead atoms. The summed E-state index contributed by atoms with van der Waals surface area (Å²) in [7, 11) is 0. The lowest BCUT2D eigenvalue weighted by atomic mass is 10.1. The summed E-state index contributed by atoms with van der Waals surface area (Å²) in [6.45, 7) is 1.84. The van der Waals surface area contributed by atoms with Crippen LogP contribution in [0.3, 0.4) is 0 Å². The Morgan fingerprint density at radius 3 is 2.43 bits per heavy atom. The molecule has 0 radical (unpaired) electrons. The third-order valence-electron chi connectivity index (χ3n) is 3.54. The minimum atomic E-state index is -4.45. The molecule has 0 aliphatic heterocycles. The molecule has 0 saturated heterocycles. The van der Waals surface area contributed by atoms with Crippen LogP contribution in [0.25, 0.3) is 0 Å². The van der Waals surface area contributed by atoms with Crippen LogP contribution in [0.1, 0.15) is 34.8 Å². The van der Waals surface area contributed by atoms with Crippen molar-refractivity contribution in [3.05, 3.63) is 71.3 Å². The maximum absolute atomic E-state index is 12.7. The van der Waals surface area contributed by atoms with Gasteiger partial charge in [-0.25, -0.2) is 0 Å². The molecule has 23 heavy (non-hydrogen) atoms. The fourth-order valence-electron chi connectivity index (χ4n) is 2.24. The molecule has 1 atom stereocenters. The molecule has 0 fully saturated rings. The van der Waals surface area contributed by atoms with Crippen LogP contribution in [0.2, 0.25) is 0 Å². The summed E-state index contributed by atoms with van der Waals surface area (Å²) in [4.78, 5) is 12.1. The normalized spacial score (nSPS) is 12.7. The molecule has 0 saturated carbocycles. The molecule has 0 aromatic heterocycles. The van der Waals surface area contributed by atoms with Gasteiger partial charge in [0.25, 0.3) is 5.91 Å². The second-order valence-corrected chi connectivity index (χ2v) is 5.48. The van der Waals surface area contributed by atoms with Crippen LogP contribution in [-0.4, -0.2) is 11.9 Å². The summed E-state index contributed by atoms with van der Waals surface area (Å²) in [6, 6.07) is 14.2. The van der Waals surface area contributed by atoms with Gasteiger partial charge in [-0.05, 0) is 43.5 Å². The quantitative estimate of drug-likeness (QED) is 0.866. The molecule has 1 N–H and O–H groups in total. The largest absolute Gasteiger partial charge is 0.416 e. The van der Waals surface area contributed by atoms with E-state index in [0.717, 1.165) is 24.1 Å². The van der Waals surface area contributed by atoms with Crippen molar-refractivity contribution < 1.29 is 18.0 Å². The molecule has 0 aliphatic rings. The molecule has 122 valence electrons. The van der Waals surface area contributed by atoms with E-state index in [4.69, 9.17) is 0 Å². The molecule has 2 rings (SSSR count). The molecule has 2 aromatic rings. The Balaban J connectivity index is 1.93. The second-order valence-electron chi connectivity index (χ2n) is 5.48. The van der Waals surface area contributed by atoms with E-state index in [1.54, 1.807) is 0 Å². The van der Waals surface area contributed by atoms with Crippen LogP contribution in [0, 0.1) is 0 Å². The first-order valence-electron chi connectivity index (χ1n) is 7.38. The monoisotopic (exact) mass is 321 g/mol. The highest BCUT2D eigenvalue weighted by molar-refractivity contribution is 5.94. The van der Waals surface area contributed by atoms with Gasteiger partial charge in [0.1, 0.15) is 0 Å². The molecular formula is C18H18F3NO. The SMILES string of the molecule is CC(CCc1ccccc1)NC(=O)c1cccc(C(F)(F)F)c1. The average Bonchev–Trinajstić information content (AvgIpc) is 2.53. The lowest BCUT2D eigenvalue weighted by molar-refractivity contribution is -0.137. The topological polar surface area (TPSA) is 29.1 Å². The van der Waals surface area contributed by atoms with E-state index in [-0.39, 0.29) is 11.6 Å². The molecule has 0 aliphatic carbocycles. The molecule has 1 amide bonds. The number of rotatable bonds is 5. The van der Waals surface area contributed by atoms with E-state index in [0.29, 0.717) is 6.42 Å². The average molecular weight is 321 g/mol. The van der Waals surface area contributed by atoms with Gasteiger partial charge in [0.2, 0.25) is 0 Å². The fraction of sp³-hybridized carbons (Fsp3) is 0.278. The Bertz CT molecular complexity index is 653. The zero-order chi connectivity index (χ0) is 16.9. The first kappa shape index (κ1) is 17.1. The number of carbonyl (C=O) groups excluding carboxylic acids is 1. The summed E-state index contributed by atoms with van der Waals surface area (Å²) in [5.41, 5.74) is 0.362. The number of amides is 1. The van der Waals surface area contributed by atoms with E-state index in [2.05, 4.69) is 5.32 Å². The number of aryl methyl sites for hydroxylation is 1. The number of alkyl halides is 3. The zero-order valence-corrected chi connectivity index (χ0v) is 12.7. The number of hydrogen-bond donors (Lipinski definition) is 1. The van der Waals surface area contributed by atoms with Crippen LogP contribution < -0.4 is 5.32 Å². The zero-order valence-electron chi connectivity index (χ0n) is 12.7. The molecular weight excluding hydrogens is 303 g/mol. The summed E-state index contributed by atoms with van der Waals surface area (Å²) in [6.07, 6.45) is -2.94. The molecule has 0 heterocycles. The predicted octanol–water partition coefficient (Wildman–Crippen LogP) is 4.46. The maximum atomic E-state index is 12.7. The highest BCUT2D eigenvalue weighted by Crippen LogP contribution is 2.29. The van der Waals surface area contributed by atoms with E-state index >= 15 is 0 Å². The van der Waals surface area contributed by atoms with Crippen LogP contribution in [0.15, 0.2) is 54.6 Å². The van der Waals surface area contributed by atoms with Gasteiger partial charge >= 0.3 is 6.18 Å². The molecule has 2 nitrogen and oxygen atoms in total. The number of hydrogen-bond acceptors (Lipinski definition) is 1. The van der Waals surface area contributed by atoms with Crippen LogP contribution >= 0.6 is 0 Å². The summed E-state index contributed by atoms with van der Waals surface area (Å²) < 4.78 is 38.0. The van der Waals surface area contributed by atoms with Crippen molar-refractivity contribution in [3.63, 3.8) is 0 Å². The van der Waals surface area contributed by atoms with Crippen LogP contribution in [-0.2, 0) is 12.6 Å². The lowest BCUT2D eigenvalue weighted by Gasteiger charge is -2.15. The lowest BCUT2D eigenvalue weighted by Crippen LogP contribution is -2.33. The number of nitrogens with one attached hydrogen (secondary N) is 1. The molecule has 1 unspecified atom stereocenters. The molecule has 2 aromatic carbocycles. The van der Waals surface area contributed by atoms with Crippen molar-refractivity contribution in [3.8, 4) is 0 Å². The summed E-state index contributed by atoms with van der Waals surface area (Å²) in [5.74, 6) is -0.489. The van der Waals surface area contributed by atoms with Crippen LogP contribution in [0.4, 0.5) is 13.2 Å². The van der Waals surface area contributed by atoms with E-state index < -0.39 is 17.6 Å². The van der Waals surface area contributed by atoms with Gasteiger partial charge in [-0.2, -0.15) is 13.2 Å². The van der Waals surface area contributed by atoms with Crippen molar-refractivity contribution in [2.24, 2.45) is 0 Å². The molecule has 5 heteroatoms. The minimum absolute atomic E-state index is 0.0198. The third kappa shape index (κ3) is 5.13. The van der Waals surface area contributed by atoms with E-state index in [1.807, 2.05) is 37.3 Å². The number of carbonyl (C=O) groups is 1. The Kier molecular flexibility index (Phi) is 5.42. The van der Waals surface area contributed by atoms with E-state index in [1.165, 1.54) is 12.1 Å². The smallest absolute Gasteiger partial charge is 0.350 e. The van der Waals surface area contributed by atoms with Crippen molar-refractivity contribution >= 4 is 5.91 Å². The van der Waals surface area contributed by atoms with Crippen molar-refractivity contribution in [1.82, 2.24) is 5.32 Å². The van der Waals surface area contributed by atoms with Gasteiger partial charge in [0, 0.05) is 11.6 Å². The third-order valence-corrected chi connectivity index (χ3v) is 3.54. The minimum Gasteiger partial charge on any atom is -0.350 e. The summed E-state index contributed by atoms with van der Waals surface area (Å²) in [5, 5.41) is 2.74. The highest BCUT2D eigenvalue weighted by atomic mass is 19.4. The first-order valence-corrected chi connectivity index (χ1v) is 7.38. The van der Waals surface area contributed by atoms with E-state index in [9.17, 15) is 18.0 Å². The number of halogens is 3. The van der Waals surface area contributed by atoms with Crippen molar-refractivity contribution in [2.45, 2.75) is 32.0 Å². The van der Waals surface area contributed by atoms with Gasteiger partial charge in [-0.1, -0.05) is 36.4 Å². The number of benzene rings is 2. The maximum Gasteiger partial charge on any atom is 0.416 e. The standard InChI is InChI=1S/C18H18F3NO/c1-13(10-11-14-6-3-2-4-7-14)22-17(23)15-8-5-9-16(12-15)18(19,20)21/h2-9,12-13H,10-11H2,1H3,(H,22,23). The van der Waals surface area contributed by atoms with Crippen molar-refractivity contribution in [1.29, 1.82) is 0 Å². The Labute approximate surface area is 133 Å². The van der Waals surface area contributed by atoms with Gasteiger partial charge in [0.05, 0.1) is 5.56 Å². The Morgan fingerprint density at radius 2 is 1.78 bits per heavy atom. The van der Waals surface area contributed by atoms with Crippen molar-refractivity contribution in [2.75, 3.05) is 0 Å². The fourth-order valence-corrected chi connectivity index (χ4v) is 2.24. The van der Waals surface area contributed by atoms with Gasteiger partial charge in [-0.15, -0.1) is 0 Å².